The number of rotatable bonds is 5. The lowest BCUT2D eigenvalue weighted by Crippen LogP contribution is -2.36. The monoisotopic (exact) mass is 272 g/mol. The van der Waals surface area contributed by atoms with Crippen LogP contribution in [-0.2, 0) is 0 Å². The van der Waals surface area contributed by atoms with E-state index in [4.69, 9.17) is 5.73 Å². The van der Waals surface area contributed by atoms with Crippen molar-refractivity contribution >= 4 is 0 Å². The van der Waals surface area contributed by atoms with Crippen LogP contribution in [0.3, 0.4) is 0 Å². The van der Waals surface area contributed by atoms with E-state index in [-0.39, 0.29) is 6.04 Å². The van der Waals surface area contributed by atoms with Crippen molar-refractivity contribution < 1.29 is 0 Å². The van der Waals surface area contributed by atoms with Crippen molar-refractivity contribution in [3.05, 3.63) is 35.9 Å². The fourth-order valence-corrected chi connectivity index (χ4v) is 4.18. The molecule has 0 aromatic heterocycles. The predicted octanol–water partition coefficient (Wildman–Crippen LogP) is 3.73. The van der Waals surface area contributed by atoms with Crippen molar-refractivity contribution in [2.75, 3.05) is 13.1 Å². The van der Waals surface area contributed by atoms with Crippen LogP contribution in [0.2, 0.25) is 0 Å². The second-order valence-electron chi connectivity index (χ2n) is 6.60. The highest BCUT2D eigenvalue weighted by Crippen LogP contribution is 2.35. The molecule has 2 nitrogen and oxygen atoms in total. The Morgan fingerprint density at radius 3 is 2.55 bits per heavy atom. The first-order chi connectivity index (χ1) is 9.84. The lowest BCUT2D eigenvalue weighted by Gasteiger charge is -2.30. The highest BCUT2D eigenvalue weighted by molar-refractivity contribution is 5.18. The van der Waals surface area contributed by atoms with Crippen molar-refractivity contribution in [1.29, 1.82) is 0 Å². The van der Waals surface area contributed by atoms with Gasteiger partial charge in [-0.05, 0) is 50.1 Å². The van der Waals surface area contributed by atoms with E-state index in [9.17, 15) is 0 Å². The van der Waals surface area contributed by atoms with Gasteiger partial charge in [-0.2, -0.15) is 0 Å². The summed E-state index contributed by atoms with van der Waals surface area (Å²) in [6.07, 6.45) is 9.75. The van der Waals surface area contributed by atoms with Gasteiger partial charge in [0.2, 0.25) is 0 Å². The van der Waals surface area contributed by atoms with Gasteiger partial charge >= 0.3 is 0 Å². The quantitative estimate of drug-likeness (QED) is 0.885. The van der Waals surface area contributed by atoms with E-state index in [1.807, 2.05) is 0 Å². The van der Waals surface area contributed by atoms with E-state index >= 15 is 0 Å². The fourth-order valence-electron chi connectivity index (χ4n) is 4.18. The maximum Gasteiger partial charge on any atom is 0.0307 e. The van der Waals surface area contributed by atoms with Crippen LogP contribution < -0.4 is 5.73 Å². The summed E-state index contributed by atoms with van der Waals surface area (Å²) < 4.78 is 0. The molecule has 0 bridgehead atoms. The van der Waals surface area contributed by atoms with Crippen LogP contribution in [0, 0.1) is 5.92 Å². The molecule has 0 radical (unpaired) electrons. The molecule has 1 aromatic carbocycles. The molecule has 20 heavy (non-hydrogen) atoms. The number of nitrogens with zero attached hydrogens (tertiary/aromatic N) is 1. The normalized spacial score (nSPS) is 26.1. The first-order valence-electron chi connectivity index (χ1n) is 8.39. The molecule has 1 saturated heterocycles. The zero-order chi connectivity index (χ0) is 13.8. The second-order valence-corrected chi connectivity index (χ2v) is 6.60. The molecule has 2 aliphatic rings. The Bertz CT molecular complexity index is 397. The first kappa shape index (κ1) is 14.1. The van der Waals surface area contributed by atoms with E-state index in [2.05, 4.69) is 35.2 Å². The van der Waals surface area contributed by atoms with Gasteiger partial charge in [-0.25, -0.2) is 0 Å². The van der Waals surface area contributed by atoms with Crippen molar-refractivity contribution in [2.45, 2.75) is 57.0 Å². The minimum Gasteiger partial charge on any atom is -0.324 e. The summed E-state index contributed by atoms with van der Waals surface area (Å²) in [6, 6.07) is 11.6. The van der Waals surface area contributed by atoms with Gasteiger partial charge in [0.05, 0.1) is 0 Å². The fraction of sp³-hybridized carbons (Fsp3) is 0.667. The van der Waals surface area contributed by atoms with Gasteiger partial charge in [0.1, 0.15) is 0 Å². The van der Waals surface area contributed by atoms with Gasteiger partial charge in [-0.15, -0.1) is 0 Å². The summed E-state index contributed by atoms with van der Waals surface area (Å²) in [5.41, 5.74) is 7.63. The lowest BCUT2D eigenvalue weighted by atomic mass is 9.95. The molecule has 0 amide bonds. The number of nitrogens with two attached hydrogens (primary N) is 1. The van der Waals surface area contributed by atoms with Crippen molar-refractivity contribution in [1.82, 2.24) is 4.90 Å². The standard InChI is InChI=1S/C18H28N2/c19-17(15-7-2-1-3-8-15)12-14-20-13-6-11-18(20)16-9-4-5-10-16/h1-3,7-8,16-18H,4-6,9-14,19H2. The zero-order valence-electron chi connectivity index (χ0n) is 12.5. The zero-order valence-corrected chi connectivity index (χ0v) is 12.5. The summed E-state index contributed by atoms with van der Waals surface area (Å²) >= 11 is 0. The number of hydrogen-bond acceptors (Lipinski definition) is 2. The highest BCUT2D eigenvalue weighted by Gasteiger charge is 2.32. The third-order valence-corrected chi connectivity index (χ3v) is 5.31. The number of likely N-dealkylation sites (tertiary alicyclic amines) is 1. The number of hydrogen-bond donors (Lipinski definition) is 1. The third kappa shape index (κ3) is 3.24. The molecule has 2 fully saturated rings. The maximum absolute atomic E-state index is 6.35. The molecule has 1 aliphatic heterocycles. The molecular formula is C18H28N2. The van der Waals surface area contributed by atoms with Gasteiger partial charge in [-0.3, -0.25) is 0 Å². The SMILES string of the molecule is NC(CCN1CCCC1C1CCCC1)c1ccccc1. The second kappa shape index (κ2) is 6.73. The summed E-state index contributed by atoms with van der Waals surface area (Å²) in [6.45, 7) is 2.47. The topological polar surface area (TPSA) is 29.3 Å². The average Bonchev–Trinajstić information content (AvgIpc) is 3.16. The predicted molar refractivity (Wildman–Crippen MR) is 84.5 cm³/mol. The van der Waals surface area contributed by atoms with Crippen LogP contribution in [0.1, 0.15) is 56.6 Å². The first-order valence-corrected chi connectivity index (χ1v) is 8.39. The lowest BCUT2D eigenvalue weighted by molar-refractivity contribution is 0.185. The largest absolute Gasteiger partial charge is 0.324 e. The highest BCUT2D eigenvalue weighted by atomic mass is 15.2. The van der Waals surface area contributed by atoms with Gasteiger partial charge in [0, 0.05) is 18.6 Å². The van der Waals surface area contributed by atoms with Crippen molar-refractivity contribution in [3.8, 4) is 0 Å². The Balaban J connectivity index is 1.52. The Kier molecular flexibility index (Phi) is 4.74. The smallest absolute Gasteiger partial charge is 0.0307 e. The molecule has 1 saturated carbocycles. The maximum atomic E-state index is 6.35. The van der Waals surface area contributed by atoms with Crippen LogP contribution in [0.25, 0.3) is 0 Å². The summed E-state index contributed by atoms with van der Waals surface area (Å²) in [7, 11) is 0. The molecule has 3 rings (SSSR count). The summed E-state index contributed by atoms with van der Waals surface area (Å²) in [5.74, 6) is 0.977. The Labute approximate surface area is 123 Å². The summed E-state index contributed by atoms with van der Waals surface area (Å²) in [5, 5.41) is 0. The van der Waals surface area contributed by atoms with E-state index in [0.29, 0.717) is 0 Å². The molecule has 0 spiro atoms. The summed E-state index contributed by atoms with van der Waals surface area (Å²) in [4.78, 5) is 2.73. The Morgan fingerprint density at radius 1 is 1.05 bits per heavy atom. The molecule has 1 heterocycles. The van der Waals surface area contributed by atoms with Crippen LogP contribution in [0.4, 0.5) is 0 Å². The van der Waals surface area contributed by atoms with Crippen LogP contribution in [0.5, 0.6) is 0 Å². The molecule has 2 N–H and O–H groups in total. The minimum atomic E-state index is 0.195. The molecular weight excluding hydrogens is 244 g/mol. The molecule has 1 aliphatic carbocycles. The van der Waals surface area contributed by atoms with E-state index in [1.165, 1.54) is 57.2 Å². The van der Waals surface area contributed by atoms with Gasteiger partial charge < -0.3 is 10.6 Å². The van der Waals surface area contributed by atoms with Crippen LogP contribution >= 0.6 is 0 Å². The molecule has 2 heteroatoms. The van der Waals surface area contributed by atoms with Gasteiger partial charge in [0.25, 0.3) is 0 Å². The van der Waals surface area contributed by atoms with Crippen molar-refractivity contribution in [3.63, 3.8) is 0 Å². The van der Waals surface area contributed by atoms with E-state index in [0.717, 1.165) is 18.4 Å². The third-order valence-electron chi connectivity index (χ3n) is 5.31. The molecule has 110 valence electrons. The Hall–Kier alpha value is -0.860. The van der Waals surface area contributed by atoms with E-state index < -0.39 is 0 Å². The Morgan fingerprint density at radius 2 is 1.80 bits per heavy atom. The molecule has 2 unspecified atom stereocenters. The molecule has 2 atom stereocenters. The van der Waals surface area contributed by atoms with Crippen LogP contribution in [0.15, 0.2) is 30.3 Å². The van der Waals surface area contributed by atoms with Crippen LogP contribution in [-0.4, -0.2) is 24.0 Å². The van der Waals surface area contributed by atoms with Crippen molar-refractivity contribution in [2.24, 2.45) is 11.7 Å². The van der Waals surface area contributed by atoms with E-state index in [1.54, 1.807) is 0 Å². The minimum absolute atomic E-state index is 0.195. The average molecular weight is 272 g/mol. The molecule has 1 aromatic rings. The van der Waals surface area contributed by atoms with Gasteiger partial charge in [-0.1, -0.05) is 43.2 Å². The number of benzene rings is 1. The van der Waals surface area contributed by atoms with Gasteiger partial charge in [0.15, 0.2) is 0 Å².